The zero-order valence-corrected chi connectivity index (χ0v) is 20.6. The minimum absolute atomic E-state index is 0.0415. The molecule has 0 saturated heterocycles. The Bertz CT molecular complexity index is 1530. The van der Waals surface area contributed by atoms with Gasteiger partial charge in [0.05, 0.1) is 19.8 Å². The van der Waals surface area contributed by atoms with Crippen molar-refractivity contribution in [2.75, 3.05) is 19.5 Å². The van der Waals surface area contributed by atoms with Crippen LogP contribution in [0.1, 0.15) is 44.0 Å². The number of hydrogen-bond acceptors (Lipinski definition) is 7. The predicted molar refractivity (Wildman–Crippen MR) is 137 cm³/mol. The van der Waals surface area contributed by atoms with Gasteiger partial charge in [0.25, 0.3) is 5.91 Å². The summed E-state index contributed by atoms with van der Waals surface area (Å²) in [5.74, 6) is -0.184. The Morgan fingerprint density at radius 3 is 2.44 bits per heavy atom. The fourth-order valence-electron chi connectivity index (χ4n) is 4.30. The molecule has 2 heterocycles. The molecular formula is C27H24N2O6S. The van der Waals surface area contributed by atoms with Crippen LogP contribution in [0.4, 0.5) is 10.7 Å². The summed E-state index contributed by atoms with van der Waals surface area (Å²) in [7, 11) is 3.13. The van der Waals surface area contributed by atoms with Crippen molar-refractivity contribution < 1.29 is 28.6 Å². The Hall–Kier alpha value is -4.11. The third-order valence-electron chi connectivity index (χ3n) is 6.12. The third-order valence-corrected chi connectivity index (χ3v) is 7.30. The van der Waals surface area contributed by atoms with Gasteiger partial charge in [-0.25, -0.2) is 9.79 Å². The molecule has 1 aliphatic rings. The first kappa shape index (κ1) is 23.6. The van der Waals surface area contributed by atoms with E-state index in [1.807, 2.05) is 0 Å². The molecule has 0 saturated carbocycles. The summed E-state index contributed by atoms with van der Waals surface area (Å²) in [4.78, 5) is 31.2. The van der Waals surface area contributed by atoms with Crippen LogP contribution in [0.2, 0.25) is 0 Å². The number of carbonyl (C=O) groups excluding carboxylic acids is 1. The van der Waals surface area contributed by atoms with Crippen LogP contribution in [0.25, 0.3) is 11.0 Å². The van der Waals surface area contributed by atoms with Crippen molar-refractivity contribution in [3.8, 4) is 11.5 Å². The van der Waals surface area contributed by atoms with Crippen molar-refractivity contribution >= 4 is 44.9 Å². The van der Waals surface area contributed by atoms with Crippen LogP contribution < -0.4 is 20.3 Å². The fraction of sp³-hybridized carbons (Fsp3) is 0.222. The van der Waals surface area contributed by atoms with E-state index in [1.54, 1.807) is 62.8 Å². The van der Waals surface area contributed by atoms with E-state index in [2.05, 4.69) is 10.3 Å². The summed E-state index contributed by atoms with van der Waals surface area (Å²) in [5.41, 5.74) is 2.31. The Morgan fingerprint density at radius 2 is 1.72 bits per heavy atom. The molecule has 0 aliphatic heterocycles. The first-order valence-electron chi connectivity index (χ1n) is 11.5. The van der Waals surface area contributed by atoms with E-state index in [9.17, 15) is 14.7 Å². The Labute approximate surface area is 210 Å². The summed E-state index contributed by atoms with van der Waals surface area (Å²) >= 11 is 1.35. The van der Waals surface area contributed by atoms with E-state index in [0.29, 0.717) is 39.6 Å². The molecule has 8 nitrogen and oxygen atoms in total. The van der Waals surface area contributed by atoms with Gasteiger partial charge >= 0.3 is 5.97 Å². The van der Waals surface area contributed by atoms with Crippen LogP contribution in [0.5, 0.6) is 11.5 Å². The molecular weight excluding hydrogens is 480 g/mol. The number of aromatic carboxylic acids is 1. The van der Waals surface area contributed by atoms with E-state index >= 15 is 0 Å². The van der Waals surface area contributed by atoms with Gasteiger partial charge in [-0.2, -0.15) is 0 Å². The van der Waals surface area contributed by atoms with E-state index in [4.69, 9.17) is 13.9 Å². The number of nitrogens with zero attached hydrogens (tertiary/aromatic N) is 1. The van der Waals surface area contributed by atoms with Crippen LogP contribution in [-0.2, 0) is 12.8 Å². The average molecular weight is 505 g/mol. The number of fused-ring (bicyclic) bond motifs is 2. The fourth-order valence-corrected chi connectivity index (χ4v) is 5.55. The highest BCUT2D eigenvalue weighted by atomic mass is 32.1. The molecule has 0 radical (unpaired) electrons. The molecule has 0 unspecified atom stereocenters. The van der Waals surface area contributed by atoms with Crippen LogP contribution in [-0.4, -0.2) is 31.2 Å². The molecule has 9 heteroatoms. The van der Waals surface area contributed by atoms with Crippen molar-refractivity contribution in [2.45, 2.75) is 25.7 Å². The molecule has 4 aromatic rings. The number of carbonyl (C=O) groups is 2. The summed E-state index contributed by atoms with van der Waals surface area (Å²) in [6.45, 7) is 0. The third kappa shape index (κ3) is 4.57. The van der Waals surface area contributed by atoms with Crippen LogP contribution in [0, 0.1) is 0 Å². The summed E-state index contributed by atoms with van der Waals surface area (Å²) in [5, 5.41) is 13.8. The quantitative estimate of drug-likeness (QED) is 0.355. The van der Waals surface area contributed by atoms with Gasteiger partial charge < -0.3 is 24.3 Å². The highest BCUT2D eigenvalue weighted by molar-refractivity contribution is 7.16. The van der Waals surface area contributed by atoms with Gasteiger partial charge in [-0.05, 0) is 79.8 Å². The molecule has 2 aromatic heterocycles. The SMILES string of the molecule is COc1ccc(NC(=O)c2cc3cc(OC)ccc3oc2=Nc2sc3c(c2C(=O)O)CCCC3)cc1. The Morgan fingerprint density at radius 1 is 1.00 bits per heavy atom. The van der Waals surface area contributed by atoms with Gasteiger partial charge in [0, 0.05) is 16.0 Å². The number of nitrogens with one attached hydrogen (secondary N) is 1. The van der Waals surface area contributed by atoms with Gasteiger partial charge in [-0.3, -0.25) is 4.79 Å². The molecule has 0 spiro atoms. The lowest BCUT2D eigenvalue weighted by Gasteiger charge is -2.10. The zero-order chi connectivity index (χ0) is 25.2. The van der Waals surface area contributed by atoms with Crippen molar-refractivity contribution in [3.63, 3.8) is 0 Å². The monoisotopic (exact) mass is 504 g/mol. The lowest BCUT2D eigenvalue weighted by atomic mass is 9.95. The van der Waals surface area contributed by atoms with Crippen molar-refractivity contribution in [3.05, 3.63) is 75.7 Å². The van der Waals surface area contributed by atoms with Gasteiger partial charge in [0.1, 0.15) is 27.6 Å². The van der Waals surface area contributed by atoms with E-state index in [1.165, 1.54) is 11.3 Å². The minimum atomic E-state index is -1.03. The topological polar surface area (TPSA) is 110 Å². The second-order valence-electron chi connectivity index (χ2n) is 8.36. The second kappa shape index (κ2) is 9.87. The number of hydrogen-bond donors (Lipinski definition) is 2. The molecule has 0 fully saturated rings. The highest BCUT2D eigenvalue weighted by Crippen LogP contribution is 2.39. The van der Waals surface area contributed by atoms with Crippen LogP contribution >= 0.6 is 11.3 Å². The minimum Gasteiger partial charge on any atom is -0.497 e. The number of carboxylic acids is 1. The maximum absolute atomic E-state index is 13.4. The molecule has 2 N–H and O–H groups in total. The van der Waals surface area contributed by atoms with E-state index in [0.717, 1.165) is 29.7 Å². The van der Waals surface area contributed by atoms with E-state index < -0.39 is 11.9 Å². The van der Waals surface area contributed by atoms with Crippen molar-refractivity contribution in [2.24, 2.45) is 4.99 Å². The van der Waals surface area contributed by atoms with Gasteiger partial charge in [-0.1, -0.05) is 0 Å². The van der Waals surface area contributed by atoms with Crippen molar-refractivity contribution in [1.82, 2.24) is 0 Å². The van der Waals surface area contributed by atoms with Crippen LogP contribution in [0.3, 0.4) is 0 Å². The molecule has 5 rings (SSSR count). The standard InChI is InChI=1S/C27H24N2O6S/c1-33-17-9-7-16(8-10-17)28-24(30)20-14-15-13-18(34-2)11-12-21(15)35-25(20)29-26-23(27(31)32)19-5-3-4-6-22(19)36-26/h7-14H,3-6H2,1-2H3,(H,28,30)(H,31,32). The molecule has 0 bridgehead atoms. The number of methoxy groups -OCH3 is 2. The Kier molecular flexibility index (Phi) is 6.47. The second-order valence-corrected chi connectivity index (χ2v) is 9.44. The van der Waals surface area contributed by atoms with Crippen molar-refractivity contribution in [1.29, 1.82) is 0 Å². The lowest BCUT2D eigenvalue weighted by molar-refractivity contribution is 0.0696. The lowest BCUT2D eigenvalue weighted by Crippen LogP contribution is -2.21. The maximum atomic E-state index is 13.4. The normalized spacial score (nSPS) is 13.3. The van der Waals surface area contributed by atoms with Crippen LogP contribution in [0.15, 0.2) is 57.9 Å². The van der Waals surface area contributed by atoms with Gasteiger partial charge in [0.15, 0.2) is 0 Å². The molecule has 2 aromatic carbocycles. The number of rotatable bonds is 6. The number of anilines is 1. The molecule has 36 heavy (non-hydrogen) atoms. The van der Waals surface area contributed by atoms with E-state index in [-0.39, 0.29) is 16.7 Å². The van der Waals surface area contributed by atoms with Gasteiger partial charge in [0.2, 0.25) is 5.55 Å². The molecule has 1 aliphatic carbocycles. The average Bonchev–Trinajstić information content (AvgIpc) is 3.26. The Balaban J connectivity index is 1.66. The highest BCUT2D eigenvalue weighted by Gasteiger charge is 2.25. The summed E-state index contributed by atoms with van der Waals surface area (Å²) in [6.07, 6.45) is 3.50. The summed E-state index contributed by atoms with van der Waals surface area (Å²) < 4.78 is 16.6. The molecule has 184 valence electrons. The summed E-state index contributed by atoms with van der Waals surface area (Å²) in [6, 6.07) is 13.9. The first-order valence-corrected chi connectivity index (χ1v) is 12.3. The van der Waals surface area contributed by atoms with Gasteiger partial charge in [-0.15, -0.1) is 11.3 Å². The zero-order valence-electron chi connectivity index (χ0n) is 19.8. The number of amides is 1. The number of thiophene rings is 1. The smallest absolute Gasteiger partial charge is 0.339 e. The number of carboxylic acid groups (broad SMARTS) is 1. The first-order chi connectivity index (χ1) is 17.5. The largest absolute Gasteiger partial charge is 0.497 e. The maximum Gasteiger partial charge on any atom is 0.339 e. The number of aryl methyl sites for hydroxylation is 1. The number of ether oxygens (including phenoxy) is 2. The molecule has 1 amide bonds. The number of benzene rings is 2. The predicted octanol–water partition coefficient (Wildman–Crippen LogP) is 5.57. The molecule has 0 atom stereocenters.